The van der Waals surface area contributed by atoms with E-state index < -0.39 is 23.2 Å². The molecule has 0 radical (unpaired) electrons. The summed E-state index contributed by atoms with van der Waals surface area (Å²) in [4.78, 5) is 16.8. The number of fused-ring (bicyclic) bond motifs is 1. The second-order valence-electron chi connectivity index (χ2n) is 7.51. The number of nitrogens with one attached hydrogen (secondary N) is 1. The number of aromatic nitrogens is 5. The fourth-order valence-electron chi connectivity index (χ4n) is 2.76. The van der Waals surface area contributed by atoms with E-state index in [9.17, 15) is 18.0 Å². The van der Waals surface area contributed by atoms with E-state index in [0.717, 1.165) is 16.2 Å². The fourth-order valence-corrected chi connectivity index (χ4v) is 3.20. The molecule has 0 saturated heterocycles. The number of halogens is 4. The molecule has 0 bridgehead atoms. The minimum atomic E-state index is -4.64. The van der Waals surface area contributed by atoms with Gasteiger partial charge < -0.3 is 5.32 Å². The van der Waals surface area contributed by atoms with Gasteiger partial charge in [0, 0.05) is 18.0 Å². The number of carbonyl (C=O) groups excluding carboxylic acids is 1. The van der Waals surface area contributed by atoms with Crippen LogP contribution in [0.4, 0.5) is 13.2 Å². The van der Waals surface area contributed by atoms with Crippen LogP contribution in [0.15, 0.2) is 22.8 Å². The molecule has 0 unspecified atom stereocenters. The van der Waals surface area contributed by atoms with Crippen molar-refractivity contribution in [3.8, 4) is 0 Å². The quantitative estimate of drug-likeness (QED) is 0.623. The lowest BCUT2D eigenvalue weighted by Gasteiger charge is -2.19. The molecule has 3 aromatic rings. The smallest absolute Gasteiger partial charge is 0.345 e. The molecule has 3 rings (SSSR count). The van der Waals surface area contributed by atoms with Gasteiger partial charge in [0.05, 0.1) is 28.6 Å². The van der Waals surface area contributed by atoms with Crippen LogP contribution in [-0.4, -0.2) is 30.3 Å². The Morgan fingerprint density at radius 1 is 1.24 bits per heavy atom. The van der Waals surface area contributed by atoms with Crippen LogP contribution in [0.2, 0.25) is 0 Å². The summed E-state index contributed by atoms with van der Waals surface area (Å²) in [5.74, 6) is -0.600. The summed E-state index contributed by atoms with van der Waals surface area (Å²) in [6.45, 7) is 7.97. The van der Waals surface area contributed by atoms with Crippen molar-refractivity contribution in [2.45, 2.75) is 52.4 Å². The number of alkyl halides is 3. The van der Waals surface area contributed by atoms with Crippen molar-refractivity contribution in [3.05, 3.63) is 45.6 Å². The molecule has 3 heterocycles. The van der Waals surface area contributed by atoms with E-state index >= 15 is 0 Å². The number of carbonyl (C=O) groups is 1. The SMILES string of the molecule is CCn1ncc(Br)c1CNC(=O)c1cc2nc(C(C)(C)C)cc(C(F)(F)F)n2n1. The molecular weight excluding hydrogens is 453 g/mol. The van der Waals surface area contributed by atoms with Crippen LogP contribution in [-0.2, 0) is 24.7 Å². The molecule has 3 aromatic heterocycles. The predicted molar refractivity (Wildman–Crippen MR) is 103 cm³/mol. The third-order valence-corrected chi connectivity index (χ3v) is 4.99. The number of hydrogen-bond acceptors (Lipinski definition) is 4. The standard InChI is InChI=1S/C18H20BrF3N6O/c1-5-27-12(10(19)8-24-27)9-23-16(29)11-6-15-25-13(17(2,3)4)7-14(18(20,21)22)28(15)26-11/h6-8H,5,9H2,1-4H3,(H,23,29). The zero-order valence-corrected chi connectivity index (χ0v) is 17.9. The van der Waals surface area contributed by atoms with Gasteiger partial charge in [-0.15, -0.1) is 0 Å². The van der Waals surface area contributed by atoms with Gasteiger partial charge in [-0.2, -0.15) is 23.4 Å². The molecule has 1 amide bonds. The molecule has 0 atom stereocenters. The van der Waals surface area contributed by atoms with Gasteiger partial charge in [0.25, 0.3) is 5.91 Å². The summed E-state index contributed by atoms with van der Waals surface area (Å²) in [5, 5.41) is 10.7. The maximum Gasteiger partial charge on any atom is 0.433 e. The molecule has 156 valence electrons. The predicted octanol–water partition coefficient (Wildman–Crippen LogP) is 3.95. The molecule has 0 spiro atoms. The Balaban J connectivity index is 1.96. The van der Waals surface area contributed by atoms with Gasteiger partial charge >= 0.3 is 6.18 Å². The van der Waals surface area contributed by atoms with E-state index in [1.165, 1.54) is 6.07 Å². The molecule has 1 N–H and O–H groups in total. The van der Waals surface area contributed by atoms with Crippen LogP contribution in [0.1, 0.15) is 55.3 Å². The molecule has 0 aliphatic heterocycles. The van der Waals surface area contributed by atoms with E-state index in [1.807, 2.05) is 6.92 Å². The Morgan fingerprint density at radius 2 is 1.93 bits per heavy atom. The molecular formula is C18H20BrF3N6O. The summed E-state index contributed by atoms with van der Waals surface area (Å²) in [6, 6.07) is 2.23. The number of hydrogen-bond donors (Lipinski definition) is 1. The first-order chi connectivity index (χ1) is 13.4. The third-order valence-electron chi connectivity index (χ3n) is 4.33. The van der Waals surface area contributed by atoms with Gasteiger partial charge in [0.2, 0.25) is 0 Å². The van der Waals surface area contributed by atoms with E-state index in [2.05, 4.69) is 36.4 Å². The topological polar surface area (TPSA) is 77.1 Å². The molecule has 0 fully saturated rings. The van der Waals surface area contributed by atoms with Gasteiger partial charge in [0.15, 0.2) is 11.3 Å². The summed E-state index contributed by atoms with van der Waals surface area (Å²) >= 11 is 3.36. The van der Waals surface area contributed by atoms with Crippen LogP contribution in [0.5, 0.6) is 0 Å². The third kappa shape index (κ3) is 4.29. The van der Waals surface area contributed by atoms with Crippen molar-refractivity contribution in [2.24, 2.45) is 0 Å². The molecule has 0 aromatic carbocycles. The second kappa shape index (κ2) is 7.43. The first-order valence-electron chi connectivity index (χ1n) is 8.88. The van der Waals surface area contributed by atoms with Crippen LogP contribution < -0.4 is 5.32 Å². The molecule has 7 nitrogen and oxygen atoms in total. The largest absolute Gasteiger partial charge is 0.433 e. The van der Waals surface area contributed by atoms with E-state index in [1.54, 1.807) is 31.6 Å². The summed E-state index contributed by atoms with van der Waals surface area (Å²) in [7, 11) is 0. The van der Waals surface area contributed by atoms with Crippen LogP contribution in [0.25, 0.3) is 5.65 Å². The minimum Gasteiger partial charge on any atom is -0.345 e. The van der Waals surface area contributed by atoms with Crippen molar-refractivity contribution in [1.29, 1.82) is 0 Å². The summed E-state index contributed by atoms with van der Waals surface area (Å²) < 4.78 is 43.8. The highest BCUT2D eigenvalue weighted by atomic mass is 79.9. The lowest BCUT2D eigenvalue weighted by atomic mass is 9.91. The van der Waals surface area contributed by atoms with Gasteiger partial charge in [-0.05, 0) is 28.9 Å². The molecule has 0 aliphatic carbocycles. The molecule has 0 aliphatic rings. The van der Waals surface area contributed by atoms with Crippen molar-refractivity contribution in [2.75, 3.05) is 0 Å². The first-order valence-corrected chi connectivity index (χ1v) is 9.68. The van der Waals surface area contributed by atoms with Crippen LogP contribution in [0, 0.1) is 0 Å². The summed E-state index contributed by atoms with van der Waals surface area (Å²) in [5.41, 5.74) is -0.742. The molecule has 29 heavy (non-hydrogen) atoms. The Morgan fingerprint density at radius 3 is 2.52 bits per heavy atom. The van der Waals surface area contributed by atoms with Gasteiger partial charge in [-0.25, -0.2) is 9.50 Å². The van der Waals surface area contributed by atoms with Gasteiger partial charge in [0.1, 0.15) is 5.69 Å². The monoisotopic (exact) mass is 472 g/mol. The van der Waals surface area contributed by atoms with Crippen molar-refractivity contribution in [1.82, 2.24) is 29.7 Å². The first kappa shape index (κ1) is 21.3. The zero-order chi connectivity index (χ0) is 21.6. The second-order valence-corrected chi connectivity index (χ2v) is 8.37. The number of aryl methyl sites for hydroxylation is 1. The van der Waals surface area contributed by atoms with Gasteiger partial charge in [-0.1, -0.05) is 20.8 Å². The van der Waals surface area contributed by atoms with Crippen molar-refractivity contribution < 1.29 is 18.0 Å². The van der Waals surface area contributed by atoms with Crippen molar-refractivity contribution in [3.63, 3.8) is 0 Å². The van der Waals surface area contributed by atoms with E-state index in [4.69, 9.17) is 0 Å². The average molecular weight is 473 g/mol. The Kier molecular flexibility index (Phi) is 5.46. The maximum atomic E-state index is 13.6. The highest BCUT2D eigenvalue weighted by Gasteiger charge is 2.36. The zero-order valence-electron chi connectivity index (χ0n) is 16.3. The number of amides is 1. The van der Waals surface area contributed by atoms with Crippen molar-refractivity contribution >= 4 is 27.5 Å². The van der Waals surface area contributed by atoms with E-state index in [-0.39, 0.29) is 23.6 Å². The molecule has 11 heteroatoms. The lowest BCUT2D eigenvalue weighted by molar-refractivity contribution is -0.142. The Hall–Kier alpha value is -2.43. The normalized spacial score (nSPS) is 12.6. The highest BCUT2D eigenvalue weighted by molar-refractivity contribution is 9.10. The summed E-state index contributed by atoms with van der Waals surface area (Å²) in [6.07, 6.45) is -3.02. The van der Waals surface area contributed by atoms with Crippen LogP contribution >= 0.6 is 15.9 Å². The fraction of sp³-hybridized carbons (Fsp3) is 0.444. The maximum absolute atomic E-state index is 13.6. The highest BCUT2D eigenvalue weighted by Crippen LogP contribution is 2.32. The Labute approximate surface area is 173 Å². The lowest BCUT2D eigenvalue weighted by Crippen LogP contribution is -2.25. The van der Waals surface area contributed by atoms with Crippen LogP contribution in [0.3, 0.4) is 0 Å². The Bertz CT molecular complexity index is 1060. The minimum absolute atomic E-state index is 0.0327. The average Bonchev–Trinajstić information content (AvgIpc) is 3.20. The molecule has 0 saturated carbocycles. The van der Waals surface area contributed by atoms with Gasteiger partial charge in [-0.3, -0.25) is 9.48 Å². The van der Waals surface area contributed by atoms with E-state index in [0.29, 0.717) is 11.1 Å². The number of nitrogens with zero attached hydrogens (tertiary/aromatic N) is 5. The number of rotatable bonds is 4.